The first kappa shape index (κ1) is 18.8. The molecule has 1 amide bonds. The van der Waals surface area contributed by atoms with Gasteiger partial charge in [-0.2, -0.15) is 0 Å². The fourth-order valence-corrected chi connectivity index (χ4v) is 2.41. The zero-order valence-corrected chi connectivity index (χ0v) is 15.0. The molecule has 4 heteroatoms. The number of allylic oxidation sites excluding steroid dienone is 4. The molecule has 0 aromatic heterocycles. The molecule has 0 radical (unpaired) electrons. The molecule has 2 rings (SSSR count). The maximum Gasteiger partial charge on any atom is 0.244 e. The van der Waals surface area contributed by atoms with Crippen molar-refractivity contribution in [3.63, 3.8) is 0 Å². The van der Waals surface area contributed by atoms with Crippen molar-refractivity contribution in [3.8, 4) is 11.5 Å². The molecule has 4 nitrogen and oxygen atoms in total. The van der Waals surface area contributed by atoms with Crippen LogP contribution in [0.3, 0.4) is 0 Å². The number of ether oxygens (including phenoxy) is 2. The number of amides is 1. The molecular formula is C21H27NO3. The van der Waals surface area contributed by atoms with Crippen molar-refractivity contribution >= 4 is 12.0 Å². The smallest absolute Gasteiger partial charge is 0.244 e. The molecule has 134 valence electrons. The summed E-state index contributed by atoms with van der Waals surface area (Å²) in [6.45, 7) is 4.21. The van der Waals surface area contributed by atoms with Crippen LogP contribution in [0.4, 0.5) is 0 Å². The molecule has 0 unspecified atom stereocenters. The maximum atomic E-state index is 11.4. The number of hydrogen-bond acceptors (Lipinski definition) is 3. The Bertz CT molecular complexity index is 645. The van der Waals surface area contributed by atoms with Crippen molar-refractivity contribution in [3.05, 3.63) is 54.1 Å². The Morgan fingerprint density at radius 2 is 1.88 bits per heavy atom. The maximum absolute atomic E-state index is 11.4. The number of benzene rings is 1. The average molecular weight is 341 g/mol. The zero-order chi connectivity index (χ0) is 17.9. The van der Waals surface area contributed by atoms with E-state index in [0.717, 1.165) is 42.7 Å². The lowest BCUT2D eigenvalue weighted by Gasteiger charge is -2.03. The summed E-state index contributed by atoms with van der Waals surface area (Å²) >= 11 is 0. The van der Waals surface area contributed by atoms with Crippen LogP contribution >= 0.6 is 0 Å². The van der Waals surface area contributed by atoms with E-state index in [-0.39, 0.29) is 11.9 Å². The lowest BCUT2D eigenvalue weighted by atomic mass is 10.1. The third-order valence-electron chi connectivity index (χ3n) is 3.62. The van der Waals surface area contributed by atoms with Crippen molar-refractivity contribution in [2.45, 2.75) is 45.6 Å². The third-order valence-corrected chi connectivity index (χ3v) is 3.62. The number of unbranched alkanes of at least 4 members (excludes halogenated alkanes) is 3. The van der Waals surface area contributed by atoms with E-state index in [1.54, 1.807) is 12.2 Å². The van der Waals surface area contributed by atoms with Crippen LogP contribution in [0.25, 0.3) is 6.08 Å². The Hall–Kier alpha value is -2.49. The molecule has 0 aliphatic carbocycles. The summed E-state index contributed by atoms with van der Waals surface area (Å²) in [5.74, 6) is 1.59. The van der Waals surface area contributed by atoms with Gasteiger partial charge < -0.3 is 14.8 Å². The Balaban J connectivity index is 1.56. The molecule has 1 heterocycles. The molecular weight excluding hydrogens is 314 g/mol. The second kappa shape index (κ2) is 10.4. The standard InChI is InChI=1S/C21H27NO3/c1-17(2)22-21(23)12-10-8-6-4-3-5-7-9-11-18-13-14-19-20(15-18)25-16-24-19/h6,8-15,17H,3-5,7,16H2,1-2H3,(H,22,23)/b8-6+,11-9+,12-10+. The number of hydrogen-bond donors (Lipinski definition) is 1. The van der Waals surface area contributed by atoms with Crippen LogP contribution < -0.4 is 14.8 Å². The molecule has 0 bridgehead atoms. The summed E-state index contributed by atoms with van der Waals surface area (Å²) < 4.78 is 10.7. The highest BCUT2D eigenvalue weighted by molar-refractivity contribution is 5.87. The molecule has 25 heavy (non-hydrogen) atoms. The van der Waals surface area contributed by atoms with Gasteiger partial charge in [0.15, 0.2) is 11.5 Å². The molecule has 0 spiro atoms. The average Bonchev–Trinajstić information content (AvgIpc) is 3.03. The van der Waals surface area contributed by atoms with Crippen LogP contribution in [0.15, 0.2) is 48.6 Å². The van der Waals surface area contributed by atoms with E-state index in [2.05, 4.69) is 23.5 Å². The van der Waals surface area contributed by atoms with Gasteiger partial charge in [0, 0.05) is 12.1 Å². The second-order valence-corrected chi connectivity index (χ2v) is 6.25. The molecule has 1 aliphatic heterocycles. The highest BCUT2D eigenvalue weighted by Gasteiger charge is 2.11. The molecule has 1 N–H and O–H groups in total. The minimum Gasteiger partial charge on any atom is -0.454 e. The van der Waals surface area contributed by atoms with Gasteiger partial charge in [-0.05, 0) is 57.2 Å². The largest absolute Gasteiger partial charge is 0.454 e. The quantitative estimate of drug-likeness (QED) is 0.405. The van der Waals surface area contributed by atoms with Crippen molar-refractivity contribution in [1.29, 1.82) is 0 Å². The normalized spacial score (nSPS) is 13.6. The number of fused-ring (bicyclic) bond motifs is 1. The monoisotopic (exact) mass is 341 g/mol. The lowest BCUT2D eigenvalue weighted by molar-refractivity contribution is -0.116. The molecule has 1 aromatic rings. The Morgan fingerprint density at radius 3 is 2.68 bits per heavy atom. The molecule has 0 fully saturated rings. The van der Waals surface area contributed by atoms with Crippen LogP contribution in [0.5, 0.6) is 11.5 Å². The predicted octanol–water partition coefficient (Wildman–Crippen LogP) is 4.63. The van der Waals surface area contributed by atoms with E-state index in [9.17, 15) is 4.79 Å². The van der Waals surface area contributed by atoms with Crippen LogP contribution in [-0.2, 0) is 4.79 Å². The van der Waals surface area contributed by atoms with Crippen molar-refractivity contribution in [1.82, 2.24) is 5.32 Å². The lowest BCUT2D eigenvalue weighted by Crippen LogP contribution is -2.28. The van der Waals surface area contributed by atoms with Crippen molar-refractivity contribution < 1.29 is 14.3 Å². The molecule has 0 atom stereocenters. The van der Waals surface area contributed by atoms with E-state index < -0.39 is 0 Å². The van der Waals surface area contributed by atoms with E-state index in [4.69, 9.17) is 9.47 Å². The van der Waals surface area contributed by atoms with E-state index >= 15 is 0 Å². The minimum atomic E-state index is -0.0479. The summed E-state index contributed by atoms with van der Waals surface area (Å²) in [7, 11) is 0. The molecule has 1 aromatic carbocycles. The summed E-state index contributed by atoms with van der Waals surface area (Å²) in [5.41, 5.74) is 1.13. The minimum absolute atomic E-state index is 0.0479. The predicted molar refractivity (Wildman–Crippen MR) is 102 cm³/mol. The molecule has 1 aliphatic rings. The Morgan fingerprint density at radius 1 is 1.12 bits per heavy atom. The van der Waals surface area contributed by atoms with Gasteiger partial charge in [0.25, 0.3) is 0 Å². The Kier molecular flexibility index (Phi) is 7.83. The zero-order valence-electron chi connectivity index (χ0n) is 15.0. The number of rotatable bonds is 9. The first-order valence-corrected chi connectivity index (χ1v) is 8.85. The highest BCUT2D eigenvalue weighted by atomic mass is 16.7. The molecule has 0 saturated heterocycles. The fourth-order valence-electron chi connectivity index (χ4n) is 2.41. The summed E-state index contributed by atoms with van der Waals surface area (Å²) in [6, 6.07) is 6.16. The molecule has 0 saturated carbocycles. The Labute approximate surface area is 150 Å². The van der Waals surface area contributed by atoms with Gasteiger partial charge in [-0.3, -0.25) is 4.79 Å². The SMILES string of the molecule is CC(C)NC(=O)/C=C/C=C/CCCC/C=C/c1ccc2c(c1)OCO2. The number of carbonyl (C=O) groups excluding carboxylic acids is 1. The third kappa shape index (κ3) is 7.29. The number of carbonyl (C=O) groups is 1. The van der Waals surface area contributed by atoms with Crippen LogP contribution in [0.2, 0.25) is 0 Å². The van der Waals surface area contributed by atoms with E-state index in [1.165, 1.54) is 0 Å². The van der Waals surface area contributed by atoms with Gasteiger partial charge in [0.05, 0.1) is 0 Å². The van der Waals surface area contributed by atoms with Crippen LogP contribution in [0, 0.1) is 0 Å². The fraction of sp³-hybridized carbons (Fsp3) is 0.381. The topological polar surface area (TPSA) is 47.6 Å². The summed E-state index contributed by atoms with van der Waals surface area (Å²) in [4.78, 5) is 11.4. The van der Waals surface area contributed by atoms with Gasteiger partial charge in [-0.1, -0.05) is 36.4 Å². The van der Waals surface area contributed by atoms with Gasteiger partial charge in [-0.25, -0.2) is 0 Å². The van der Waals surface area contributed by atoms with Gasteiger partial charge in [0.2, 0.25) is 12.7 Å². The number of nitrogens with one attached hydrogen (secondary N) is 1. The second-order valence-electron chi connectivity index (χ2n) is 6.25. The van der Waals surface area contributed by atoms with Crippen molar-refractivity contribution in [2.75, 3.05) is 6.79 Å². The van der Waals surface area contributed by atoms with Gasteiger partial charge >= 0.3 is 0 Å². The van der Waals surface area contributed by atoms with Gasteiger partial charge in [0.1, 0.15) is 0 Å². The van der Waals surface area contributed by atoms with Crippen molar-refractivity contribution in [2.24, 2.45) is 0 Å². The first-order chi connectivity index (χ1) is 12.1. The highest BCUT2D eigenvalue weighted by Crippen LogP contribution is 2.32. The van der Waals surface area contributed by atoms with E-state index in [0.29, 0.717) is 6.79 Å². The summed E-state index contributed by atoms with van der Waals surface area (Å²) in [5, 5.41) is 2.81. The summed E-state index contributed by atoms with van der Waals surface area (Å²) in [6.07, 6.45) is 16.0. The first-order valence-electron chi connectivity index (χ1n) is 8.85. The van der Waals surface area contributed by atoms with Gasteiger partial charge in [-0.15, -0.1) is 0 Å². The van der Waals surface area contributed by atoms with E-state index in [1.807, 2.05) is 38.1 Å². The van der Waals surface area contributed by atoms with Crippen LogP contribution in [0.1, 0.15) is 45.1 Å². The van der Waals surface area contributed by atoms with Crippen LogP contribution in [-0.4, -0.2) is 18.7 Å².